The minimum absolute atomic E-state index is 0.336. The summed E-state index contributed by atoms with van der Waals surface area (Å²) in [6.07, 6.45) is 4.89. The van der Waals surface area contributed by atoms with Gasteiger partial charge in [0, 0.05) is 5.88 Å². The first-order chi connectivity index (χ1) is 7.69. The lowest BCUT2D eigenvalue weighted by Crippen LogP contribution is -2.33. The van der Waals surface area contributed by atoms with Crippen LogP contribution < -0.4 is 4.74 Å². The lowest BCUT2D eigenvalue weighted by molar-refractivity contribution is 0.164. The normalized spacial score (nSPS) is 17.9. The maximum absolute atomic E-state index is 6.10. The van der Waals surface area contributed by atoms with Crippen molar-refractivity contribution in [3.63, 3.8) is 0 Å². The number of hydrogen-bond donors (Lipinski definition) is 0. The lowest BCUT2D eigenvalue weighted by Gasteiger charge is -2.40. The van der Waals surface area contributed by atoms with Crippen molar-refractivity contribution in [1.82, 2.24) is 0 Å². The first-order valence-electron chi connectivity index (χ1n) is 5.89. The second kappa shape index (κ2) is 4.67. The number of rotatable bonds is 4. The molecule has 1 aromatic rings. The SMILES string of the molecule is COc1ccc(C)cc1CC1(CCl)CCC1. The molecule has 0 saturated heterocycles. The molecule has 2 heteroatoms. The van der Waals surface area contributed by atoms with Crippen LogP contribution in [0.15, 0.2) is 18.2 Å². The fourth-order valence-electron chi connectivity index (χ4n) is 2.48. The van der Waals surface area contributed by atoms with Crippen LogP contribution in [0.5, 0.6) is 5.75 Å². The molecule has 0 radical (unpaired) electrons. The highest BCUT2D eigenvalue weighted by atomic mass is 35.5. The maximum Gasteiger partial charge on any atom is 0.122 e. The van der Waals surface area contributed by atoms with Gasteiger partial charge in [0.25, 0.3) is 0 Å². The molecule has 2 rings (SSSR count). The third-order valence-electron chi connectivity index (χ3n) is 3.70. The van der Waals surface area contributed by atoms with Crippen LogP contribution in [0.4, 0.5) is 0 Å². The predicted octanol–water partition coefficient (Wildman–Crippen LogP) is 3.96. The summed E-state index contributed by atoms with van der Waals surface area (Å²) in [5.41, 5.74) is 2.94. The fourth-order valence-corrected chi connectivity index (χ4v) is 2.85. The zero-order valence-electron chi connectivity index (χ0n) is 10.1. The van der Waals surface area contributed by atoms with E-state index < -0.39 is 0 Å². The minimum Gasteiger partial charge on any atom is -0.496 e. The zero-order valence-corrected chi connectivity index (χ0v) is 10.8. The van der Waals surface area contributed by atoms with E-state index >= 15 is 0 Å². The van der Waals surface area contributed by atoms with E-state index in [-0.39, 0.29) is 0 Å². The van der Waals surface area contributed by atoms with Crippen molar-refractivity contribution in [3.8, 4) is 5.75 Å². The van der Waals surface area contributed by atoms with Crippen molar-refractivity contribution >= 4 is 11.6 Å². The van der Waals surface area contributed by atoms with Crippen molar-refractivity contribution in [2.24, 2.45) is 5.41 Å². The molecule has 16 heavy (non-hydrogen) atoms. The quantitative estimate of drug-likeness (QED) is 0.722. The first kappa shape index (κ1) is 11.8. The zero-order chi connectivity index (χ0) is 11.6. The number of hydrogen-bond acceptors (Lipinski definition) is 1. The summed E-state index contributed by atoms with van der Waals surface area (Å²) >= 11 is 6.10. The minimum atomic E-state index is 0.336. The van der Waals surface area contributed by atoms with E-state index in [1.54, 1.807) is 7.11 Å². The Morgan fingerprint density at radius 3 is 2.62 bits per heavy atom. The number of aryl methyl sites for hydroxylation is 1. The summed E-state index contributed by atoms with van der Waals surface area (Å²) in [6, 6.07) is 6.38. The van der Waals surface area contributed by atoms with Gasteiger partial charge in [0.2, 0.25) is 0 Å². The molecule has 0 amide bonds. The summed E-state index contributed by atoms with van der Waals surface area (Å²) in [4.78, 5) is 0. The summed E-state index contributed by atoms with van der Waals surface area (Å²) in [5.74, 6) is 1.77. The molecular formula is C14H19ClO. The average molecular weight is 239 g/mol. The molecule has 0 unspecified atom stereocenters. The standard InChI is InChI=1S/C14H19ClO/c1-11-4-5-13(16-2)12(8-11)9-14(10-15)6-3-7-14/h4-5,8H,3,6-7,9-10H2,1-2H3. The third-order valence-corrected chi connectivity index (χ3v) is 4.27. The van der Waals surface area contributed by atoms with E-state index in [0.29, 0.717) is 5.41 Å². The molecule has 0 heterocycles. The summed E-state index contributed by atoms with van der Waals surface area (Å²) in [7, 11) is 1.74. The summed E-state index contributed by atoms with van der Waals surface area (Å²) in [6.45, 7) is 2.12. The van der Waals surface area contributed by atoms with E-state index in [1.165, 1.54) is 30.4 Å². The van der Waals surface area contributed by atoms with Crippen LogP contribution in [0.2, 0.25) is 0 Å². The first-order valence-corrected chi connectivity index (χ1v) is 6.42. The number of ether oxygens (including phenoxy) is 1. The molecule has 0 bridgehead atoms. The van der Waals surface area contributed by atoms with E-state index in [1.807, 2.05) is 0 Å². The maximum atomic E-state index is 6.10. The van der Waals surface area contributed by atoms with E-state index in [4.69, 9.17) is 16.3 Å². The Morgan fingerprint density at radius 2 is 2.12 bits per heavy atom. The smallest absolute Gasteiger partial charge is 0.122 e. The van der Waals surface area contributed by atoms with Crippen molar-refractivity contribution in [3.05, 3.63) is 29.3 Å². The molecule has 0 spiro atoms. The van der Waals surface area contributed by atoms with Gasteiger partial charge in [-0.25, -0.2) is 0 Å². The van der Waals surface area contributed by atoms with Crippen LogP contribution in [0.3, 0.4) is 0 Å². The van der Waals surface area contributed by atoms with Crippen molar-refractivity contribution < 1.29 is 4.74 Å². The third kappa shape index (κ3) is 2.20. The molecule has 0 aromatic heterocycles. The van der Waals surface area contributed by atoms with Crippen molar-refractivity contribution in [1.29, 1.82) is 0 Å². The Bertz CT molecular complexity index is 363. The van der Waals surface area contributed by atoms with Gasteiger partial charge in [-0.05, 0) is 43.2 Å². The van der Waals surface area contributed by atoms with Gasteiger partial charge in [-0.1, -0.05) is 24.1 Å². The van der Waals surface area contributed by atoms with E-state index in [0.717, 1.165) is 18.1 Å². The van der Waals surface area contributed by atoms with Crippen LogP contribution >= 0.6 is 11.6 Å². The number of methoxy groups -OCH3 is 1. The molecular weight excluding hydrogens is 220 g/mol. The molecule has 1 aromatic carbocycles. The molecule has 0 N–H and O–H groups in total. The van der Waals surface area contributed by atoms with Gasteiger partial charge in [0.15, 0.2) is 0 Å². The summed E-state index contributed by atoms with van der Waals surface area (Å²) < 4.78 is 5.42. The van der Waals surface area contributed by atoms with Gasteiger partial charge >= 0.3 is 0 Å². The monoisotopic (exact) mass is 238 g/mol. The Morgan fingerprint density at radius 1 is 1.38 bits per heavy atom. The number of halogens is 1. The van der Waals surface area contributed by atoms with Gasteiger partial charge in [-0.3, -0.25) is 0 Å². The largest absolute Gasteiger partial charge is 0.496 e. The van der Waals surface area contributed by atoms with Crippen molar-refractivity contribution in [2.45, 2.75) is 32.6 Å². The lowest BCUT2D eigenvalue weighted by atomic mass is 9.66. The van der Waals surface area contributed by atoms with Gasteiger partial charge < -0.3 is 4.74 Å². The Hall–Kier alpha value is -0.690. The van der Waals surface area contributed by atoms with Gasteiger partial charge in [-0.2, -0.15) is 0 Å². The predicted molar refractivity (Wildman–Crippen MR) is 68.4 cm³/mol. The molecule has 88 valence electrons. The Balaban J connectivity index is 2.22. The topological polar surface area (TPSA) is 9.23 Å². The highest BCUT2D eigenvalue weighted by molar-refractivity contribution is 6.18. The Kier molecular flexibility index (Phi) is 3.44. The number of benzene rings is 1. The van der Waals surface area contributed by atoms with Crippen LogP contribution in [0.1, 0.15) is 30.4 Å². The molecule has 1 aliphatic rings. The number of alkyl halides is 1. The summed E-state index contributed by atoms with van der Waals surface area (Å²) in [5, 5.41) is 0. The molecule has 1 aliphatic carbocycles. The molecule has 0 aliphatic heterocycles. The Labute approximate surface area is 103 Å². The molecule has 1 nitrogen and oxygen atoms in total. The van der Waals surface area contributed by atoms with Gasteiger partial charge in [-0.15, -0.1) is 11.6 Å². The second-order valence-electron chi connectivity index (χ2n) is 4.98. The highest BCUT2D eigenvalue weighted by Gasteiger charge is 2.36. The molecule has 1 saturated carbocycles. The fraction of sp³-hybridized carbons (Fsp3) is 0.571. The average Bonchev–Trinajstić information content (AvgIpc) is 2.24. The van der Waals surface area contributed by atoms with E-state index in [2.05, 4.69) is 25.1 Å². The molecule has 0 atom stereocenters. The van der Waals surface area contributed by atoms with Crippen LogP contribution in [0, 0.1) is 12.3 Å². The highest BCUT2D eigenvalue weighted by Crippen LogP contribution is 2.45. The van der Waals surface area contributed by atoms with Gasteiger partial charge in [0.05, 0.1) is 7.11 Å². The van der Waals surface area contributed by atoms with Crippen LogP contribution in [-0.4, -0.2) is 13.0 Å². The van der Waals surface area contributed by atoms with Crippen LogP contribution in [0.25, 0.3) is 0 Å². The van der Waals surface area contributed by atoms with Crippen LogP contribution in [-0.2, 0) is 6.42 Å². The van der Waals surface area contributed by atoms with Crippen molar-refractivity contribution in [2.75, 3.05) is 13.0 Å². The van der Waals surface area contributed by atoms with E-state index in [9.17, 15) is 0 Å². The molecule has 1 fully saturated rings. The second-order valence-corrected chi connectivity index (χ2v) is 5.25. The van der Waals surface area contributed by atoms with Gasteiger partial charge in [0.1, 0.15) is 5.75 Å².